The molecule has 1 N–H and O–H groups in total. The van der Waals surface area contributed by atoms with E-state index >= 15 is 0 Å². The zero-order chi connectivity index (χ0) is 27.9. The maximum Gasteiger partial charge on any atom is 0.327 e. The molecule has 0 fully saturated rings. The summed E-state index contributed by atoms with van der Waals surface area (Å²) in [7, 11) is 2.04. The number of para-hydroxylation sites is 2. The summed E-state index contributed by atoms with van der Waals surface area (Å²) in [4.78, 5) is 17.9. The molecule has 4 aromatic carbocycles. The summed E-state index contributed by atoms with van der Waals surface area (Å²) in [5.41, 5.74) is 7.88. The predicted molar refractivity (Wildman–Crippen MR) is 166 cm³/mol. The molecule has 0 spiro atoms. The fraction of sp³-hybridized carbons (Fsp3) is 0.229. The van der Waals surface area contributed by atoms with Crippen molar-refractivity contribution < 1.29 is 4.74 Å². The van der Waals surface area contributed by atoms with Crippen LogP contribution in [-0.4, -0.2) is 34.7 Å². The molecule has 0 aliphatic carbocycles. The molecule has 1 unspecified atom stereocenters. The third-order valence-corrected chi connectivity index (χ3v) is 7.49. The second-order valence-electron chi connectivity index (χ2n) is 10.00. The highest BCUT2D eigenvalue weighted by molar-refractivity contribution is 5.98. The van der Waals surface area contributed by atoms with Crippen molar-refractivity contribution in [3.8, 4) is 5.75 Å². The zero-order valence-corrected chi connectivity index (χ0v) is 23.5. The van der Waals surface area contributed by atoms with Gasteiger partial charge in [0, 0.05) is 6.54 Å². The van der Waals surface area contributed by atoms with Crippen LogP contribution in [0.25, 0.3) is 22.2 Å². The molecule has 0 saturated heterocycles. The Bertz CT molecular complexity index is 1620. The van der Waals surface area contributed by atoms with Gasteiger partial charge in [-0.25, -0.2) is 4.79 Å². The molecule has 5 nitrogen and oxygen atoms in total. The summed E-state index contributed by atoms with van der Waals surface area (Å²) in [5, 5.41) is 0. The number of H-pyrrole nitrogens is 1. The third-order valence-electron chi connectivity index (χ3n) is 7.49. The molecule has 5 aromatic rings. The number of nitrogens with zero attached hydrogens (tertiary/aromatic N) is 2. The van der Waals surface area contributed by atoms with Gasteiger partial charge in [-0.2, -0.15) is 0 Å². The molecule has 0 amide bonds. The van der Waals surface area contributed by atoms with Crippen molar-refractivity contribution in [2.75, 3.05) is 20.2 Å². The van der Waals surface area contributed by atoms with Gasteiger partial charge in [0.05, 0.1) is 17.2 Å². The Labute approximate surface area is 236 Å². The number of rotatable bonds is 11. The van der Waals surface area contributed by atoms with Crippen molar-refractivity contribution in [3.63, 3.8) is 0 Å². The quantitative estimate of drug-likeness (QED) is 0.178. The first kappa shape index (κ1) is 27.2. The van der Waals surface area contributed by atoms with E-state index in [1.54, 1.807) is 0 Å². The van der Waals surface area contributed by atoms with Gasteiger partial charge in [0.15, 0.2) is 0 Å². The van der Waals surface area contributed by atoms with Crippen LogP contribution in [0.4, 0.5) is 0 Å². The number of likely N-dealkylation sites (N-methyl/N-ethyl adjacent to an activating group) is 1. The molecule has 0 radical (unpaired) electrons. The lowest BCUT2D eigenvalue weighted by molar-refractivity contribution is 0.142. The Morgan fingerprint density at radius 1 is 0.800 bits per heavy atom. The van der Waals surface area contributed by atoms with Gasteiger partial charge in [-0.1, -0.05) is 98.8 Å². The van der Waals surface area contributed by atoms with E-state index in [9.17, 15) is 4.79 Å². The number of allylic oxidation sites excluding steroid dienone is 1. The van der Waals surface area contributed by atoms with Crippen molar-refractivity contribution in [3.05, 3.63) is 136 Å². The van der Waals surface area contributed by atoms with Gasteiger partial charge in [-0.3, -0.25) is 9.47 Å². The molecule has 5 heteroatoms. The smallest absolute Gasteiger partial charge is 0.327 e. The van der Waals surface area contributed by atoms with Crippen LogP contribution in [0.3, 0.4) is 0 Å². The minimum Gasteiger partial charge on any atom is -0.492 e. The molecule has 0 bridgehead atoms. The van der Waals surface area contributed by atoms with Crippen LogP contribution in [0.5, 0.6) is 5.75 Å². The first-order chi connectivity index (χ1) is 19.6. The molecule has 5 rings (SSSR count). The average Bonchev–Trinajstić information content (AvgIpc) is 3.33. The summed E-state index contributed by atoms with van der Waals surface area (Å²) in [6.45, 7) is 5.53. The molecule has 204 valence electrons. The Morgan fingerprint density at radius 2 is 1.40 bits per heavy atom. The first-order valence-corrected chi connectivity index (χ1v) is 14.1. The summed E-state index contributed by atoms with van der Waals surface area (Å²) in [6.07, 6.45) is 1.68. The van der Waals surface area contributed by atoms with Gasteiger partial charge < -0.3 is 9.72 Å². The average molecular weight is 532 g/mol. The highest BCUT2D eigenvalue weighted by Crippen LogP contribution is 2.35. The number of benzene rings is 4. The fourth-order valence-corrected chi connectivity index (χ4v) is 5.52. The Morgan fingerprint density at radius 3 is 2.05 bits per heavy atom. The van der Waals surface area contributed by atoms with E-state index in [-0.39, 0.29) is 11.9 Å². The molecule has 0 saturated carbocycles. The largest absolute Gasteiger partial charge is 0.492 e. The normalized spacial score (nSPS) is 12.9. The maximum atomic E-state index is 12.7. The Balaban J connectivity index is 1.32. The molecule has 0 aliphatic rings. The summed E-state index contributed by atoms with van der Waals surface area (Å²) in [5.74, 6) is 0.833. The lowest BCUT2D eigenvalue weighted by atomic mass is 9.88. The van der Waals surface area contributed by atoms with E-state index in [4.69, 9.17) is 4.74 Å². The Hall–Kier alpha value is -4.35. The number of nitrogens with one attached hydrogen (secondary N) is 1. The molecule has 1 aromatic heterocycles. The topological polar surface area (TPSA) is 50.3 Å². The number of aromatic nitrogens is 2. The lowest BCUT2D eigenvalue weighted by Gasteiger charge is -2.28. The van der Waals surface area contributed by atoms with E-state index in [0.717, 1.165) is 29.6 Å². The van der Waals surface area contributed by atoms with Crippen LogP contribution < -0.4 is 10.4 Å². The molecule has 1 atom stereocenters. The van der Waals surface area contributed by atoms with Gasteiger partial charge in [-0.05, 0) is 72.0 Å². The number of ether oxygens (including phenoxy) is 1. The first-order valence-electron chi connectivity index (χ1n) is 14.1. The van der Waals surface area contributed by atoms with Crippen LogP contribution in [0, 0.1) is 0 Å². The van der Waals surface area contributed by atoms with E-state index in [0.29, 0.717) is 13.2 Å². The van der Waals surface area contributed by atoms with E-state index in [1.165, 1.54) is 27.8 Å². The van der Waals surface area contributed by atoms with Crippen molar-refractivity contribution in [1.82, 2.24) is 14.5 Å². The van der Waals surface area contributed by atoms with Gasteiger partial charge in [0.2, 0.25) is 0 Å². The van der Waals surface area contributed by atoms with Gasteiger partial charge in [-0.15, -0.1) is 0 Å². The van der Waals surface area contributed by atoms with Crippen molar-refractivity contribution >= 4 is 22.2 Å². The van der Waals surface area contributed by atoms with Gasteiger partial charge in [0.25, 0.3) is 0 Å². The minimum absolute atomic E-state index is 0.0568. The molecule has 1 heterocycles. The molecule has 40 heavy (non-hydrogen) atoms. The van der Waals surface area contributed by atoms with Crippen LogP contribution in [0.1, 0.15) is 49.5 Å². The standard InChI is InChI=1S/C35H37N3O2/c1-4-30(26-14-8-6-9-15-26)34(27-16-10-7-11-17-27)28-20-22-29(23-21-28)40-25-24-37(3)33(5-2)38-32-19-13-12-18-31(32)36-35(38)39/h6-23,33H,4-5,24-25H2,1-3H3,(H,36,39)/b34-30-. The fourth-order valence-electron chi connectivity index (χ4n) is 5.52. The summed E-state index contributed by atoms with van der Waals surface area (Å²) < 4.78 is 8.01. The molecular formula is C35H37N3O2. The summed E-state index contributed by atoms with van der Waals surface area (Å²) in [6, 6.07) is 37.5. The van der Waals surface area contributed by atoms with Crippen molar-refractivity contribution in [2.45, 2.75) is 32.9 Å². The number of fused-ring (bicyclic) bond motifs is 1. The molecular weight excluding hydrogens is 494 g/mol. The maximum absolute atomic E-state index is 12.7. The van der Waals surface area contributed by atoms with Gasteiger partial charge in [0.1, 0.15) is 12.4 Å². The number of hydrogen-bond donors (Lipinski definition) is 1. The second kappa shape index (κ2) is 12.7. The van der Waals surface area contributed by atoms with E-state index < -0.39 is 0 Å². The SMILES string of the molecule is CC/C(=C(\c1ccccc1)c1ccc(OCCN(C)C(CC)n2c(=O)[nH]c3ccccc32)cc1)c1ccccc1. The molecule has 0 aliphatic heterocycles. The van der Waals surface area contributed by atoms with Crippen LogP contribution in [0.2, 0.25) is 0 Å². The number of imidazole rings is 1. The zero-order valence-electron chi connectivity index (χ0n) is 23.5. The minimum atomic E-state index is -0.0827. The van der Waals surface area contributed by atoms with Crippen LogP contribution >= 0.6 is 0 Å². The lowest BCUT2D eigenvalue weighted by Crippen LogP contribution is -2.36. The Kier molecular flexibility index (Phi) is 8.62. The van der Waals surface area contributed by atoms with Gasteiger partial charge >= 0.3 is 5.69 Å². The van der Waals surface area contributed by atoms with Crippen LogP contribution in [0.15, 0.2) is 114 Å². The van der Waals surface area contributed by atoms with Crippen LogP contribution in [-0.2, 0) is 0 Å². The number of aromatic amines is 1. The second-order valence-corrected chi connectivity index (χ2v) is 10.00. The predicted octanol–water partition coefficient (Wildman–Crippen LogP) is 7.62. The van der Waals surface area contributed by atoms with Crippen molar-refractivity contribution in [1.29, 1.82) is 0 Å². The monoisotopic (exact) mass is 531 g/mol. The third kappa shape index (κ3) is 5.80. The van der Waals surface area contributed by atoms with Crippen molar-refractivity contribution in [2.24, 2.45) is 0 Å². The highest BCUT2D eigenvalue weighted by atomic mass is 16.5. The van der Waals surface area contributed by atoms with E-state index in [2.05, 4.69) is 109 Å². The summed E-state index contributed by atoms with van der Waals surface area (Å²) >= 11 is 0. The number of hydrogen-bond acceptors (Lipinski definition) is 3. The van der Waals surface area contributed by atoms with E-state index in [1.807, 2.05) is 35.9 Å². The highest BCUT2D eigenvalue weighted by Gasteiger charge is 2.20.